The van der Waals surface area contributed by atoms with Crippen molar-refractivity contribution in [3.05, 3.63) is 106 Å². The minimum absolute atomic E-state index is 0.210. The number of carbonyl (C=O) groups is 1. The van der Waals surface area contributed by atoms with Gasteiger partial charge in [-0.2, -0.15) is 0 Å². The van der Waals surface area contributed by atoms with Crippen LogP contribution in [-0.2, 0) is 9.53 Å². The average Bonchev–Trinajstić information content (AvgIpc) is 3.54. The number of esters is 1. The lowest BCUT2D eigenvalue weighted by Crippen LogP contribution is -2.39. The number of hydrogen-bond donors (Lipinski definition) is 0. The van der Waals surface area contributed by atoms with E-state index in [-0.39, 0.29) is 18.0 Å². The van der Waals surface area contributed by atoms with Crippen LogP contribution in [0.1, 0.15) is 41.7 Å². The van der Waals surface area contributed by atoms with Crippen LogP contribution in [0.5, 0.6) is 0 Å². The molecule has 1 aromatic carbocycles. The Morgan fingerprint density at radius 3 is 2.61 bits per heavy atom. The molecule has 0 N–H and O–H groups in total. The molecule has 0 fully saturated rings. The summed E-state index contributed by atoms with van der Waals surface area (Å²) in [5, 5.41) is 1.92. The maximum atomic E-state index is 13.7. The zero-order chi connectivity index (χ0) is 25.6. The van der Waals surface area contributed by atoms with Crippen LogP contribution in [0.25, 0.3) is 11.8 Å². The Morgan fingerprint density at radius 1 is 1.19 bits per heavy atom. The van der Waals surface area contributed by atoms with Crippen molar-refractivity contribution < 1.29 is 13.9 Å². The molecule has 4 heterocycles. The van der Waals surface area contributed by atoms with E-state index in [9.17, 15) is 14.0 Å². The van der Waals surface area contributed by atoms with Crippen molar-refractivity contribution in [1.82, 2.24) is 9.13 Å². The fourth-order valence-electron chi connectivity index (χ4n) is 4.57. The van der Waals surface area contributed by atoms with Crippen molar-refractivity contribution in [2.45, 2.75) is 33.7 Å². The monoisotopic (exact) mass is 521 g/mol. The Labute approximate surface area is 214 Å². The molecular formula is C27H24FN3O3S2. The lowest BCUT2D eigenvalue weighted by Gasteiger charge is -2.23. The number of rotatable bonds is 5. The van der Waals surface area contributed by atoms with Crippen molar-refractivity contribution in [2.75, 3.05) is 6.61 Å². The molecule has 9 heteroatoms. The van der Waals surface area contributed by atoms with Gasteiger partial charge >= 0.3 is 5.97 Å². The molecule has 1 atom stereocenters. The van der Waals surface area contributed by atoms with Crippen molar-refractivity contribution in [2.24, 2.45) is 4.99 Å². The number of thiazole rings is 1. The normalized spacial score (nSPS) is 15.7. The van der Waals surface area contributed by atoms with Crippen molar-refractivity contribution in [3.63, 3.8) is 0 Å². The fraction of sp³-hybridized carbons (Fsp3) is 0.222. The molecule has 4 aromatic rings. The number of thiophene rings is 1. The molecular weight excluding hydrogens is 497 g/mol. The molecule has 0 bridgehead atoms. The van der Waals surface area contributed by atoms with E-state index in [1.165, 1.54) is 34.8 Å². The van der Waals surface area contributed by atoms with Crippen molar-refractivity contribution >= 4 is 34.7 Å². The van der Waals surface area contributed by atoms with E-state index in [1.54, 1.807) is 30.5 Å². The van der Waals surface area contributed by atoms with Gasteiger partial charge in [0.05, 0.1) is 22.4 Å². The van der Waals surface area contributed by atoms with Crippen LogP contribution in [0.3, 0.4) is 0 Å². The van der Waals surface area contributed by atoms with Crippen LogP contribution in [0.4, 0.5) is 4.39 Å². The van der Waals surface area contributed by atoms with Gasteiger partial charge < -0.3 is 9.30 Å². The maximum absolute atomic E-state index is 13.7. The summed E-state index contributed by atoms with van der Waals surface area (Å²) in [6, 6.07) is 11.6. The number of aryl methyl sites for hydroxylation is 1. The average molecular weight is 522 g/mol. The first-order chi connectivity index (χ1) is 17.3. The molecule has 5 rings (SSSR count). The number of carbonyl (C=O) groups excluding carboxylic acids is 1. The van der Waals surface area contributed by atoms with E-state index in [4.69, 9.17) is 4.74 Å². The number of ether oxygens (including phenoxy) is 1. The molecule has 0 amide bonds. The highest BCUT2D eigenvalue weighted by molar-refractivity contribution is 7.10. The number of halogens is 1. The van der Waals surface area contributed by atoms with E-state index in [2.05, 4.69) is 4.99 Å². The van der Waals surface area contributed by atoms with E-state index < -0.39 is 12.0 Å². The summed E-state index contributed by atoms with van der Waals surface area (Å²) in [7, 11) is 0. The molecule has 3 aromatic heterocycles. The molecule has 0 aliphatic carbocycles. The second-order valence-electron chi connectivity index (χ2n) is 8.46. The van der Waals surface area contributed by atoms with E-state index in [1.807, 2.05) is 48.1 Å². The van der Waals surface area contributed by atoms with Crippen LogP contribution in [0, 0.1) is 19.7 Å². The van der Waals surface area contributed by atoms with Crippen molar-refractivity contribution in [1.29, 1.82) is 0 Å². The first kappa shape index (κ1) is 24.1. The predicted octanol–water partition coefficient (Wildman–Crippen LogP) is 4.41. The van der Waals surface area contributed by atoms with E-state index in [0.29, 0.717) is 20.6 Å². The van der Waals surface area contributed by atoms with Gasteiger partial charge in [0.25, 0.3) is 5.56 Å². The second kappa shape index (κ2) is 9.48. The second-order valence-corrected chi connectivity index (χ2v) is 10.4. The third kappa shape index (κ3) is 4.08. The van der Waals surface area contributed by atoms with Gasteiger partial charge in [0.1, 0.15) is 11.9 Å². The Morgan fingerprint density at radius 2 is 1.94 bits per heavy atom. The van der Waals surface area contributed by atoms with E-state index in [0.717, 1.165) is 27.5 Å². The zero-order valence-corrected chi connectivity index (χ0v) is 21.9. The van der Waals surface area contributed by atoms with Crippen LogP contribution in [0.2, 0.25) is 0 Å². The van der Waals surface area contributed by atoms with Gasteiger partial charge in [0.2, 0.25) is 0 Å². The highest BCUT2D eigenvalue weighted by atomic mass is 32.1. The Hall–Kier alpha value is -3.56. The quantitative estimate of drug-likeness (QED) is 0.366. The summed E-state index contributed by atoms with van der Waals surface area (Å²) in [5.41, 5.74) is 4.36. The molecule has 1 aliphatic heterocycles. The van der Waals surface area contributed by atoms with Gasteiger partial charge in [-0.05, 0) is 81.1 Å². The molecule has 0 radical (unpaired) electrons. The van der Waals surface area contributed by atoms with Gasteiger partial charge in [-0.3, -0.25) is 9.36 Å². The number of hydrogen-bond acceptors (Lipinski definition) is 6. The lowest BCUT2D eigenvalue weighted by molar-refractivity contribution is -0.139. The Balaban J connectivity index is 1.67. The standard InChI is InChI=1S/C27H24FN3O3S2/c1-5-34-26(33)23-16(3)29-27-31(24(23)21-7-6-12-35-21)25(32)22(36-27)14-18-13-15(2)30(17(18)4)20-10-8-19(28)9-11-20/h6-14,24H,5H2,1-4H3/b22-14-/t24-/m0/s1. The first-order valence-corrected chi connectivity index (χ1v) is 13.2. The Bertz CT molecular complexity index is 1670. The number of fused-ring (bicyclic) bond motifs is 1. The molecule has 0 spiro atoms. The number of aromatic nitrogens is 2. The lowest BCUT2D eigenvalue weighted by atomic mass is 10.0. The first-order valence-electron chi connectivity index (χ1n) is 11.5. The third-order valence-corrected chi connectivity index (χ3v) is 8.08. The van der Waals surface area contributed by atoms with Crippen LogP contribution in [0.15, 0.2) is 68.9 Å². The summed E-state index contributed by atoms with van der Waals surface area (Å²) in [5.74, 6) is -0.755. The summed E-state index contributed by atoms with van der Waals surface area (Å²) in [6.07, 6.45) is 1.86. The van der Waals surface area contributed by atoms with E-state index >= 15 is 0 Å². The Kier molecular flexibility index (Phi) is 6.36. The minimum atomic E-state index is -0.589. The number of nitrogens with zero attached hydrogens (tertiary/aromatic N) is 3. The van der Waals surface area contributed by atoms with Gasteiger partial charge in [0.15, 0.2) is 4.80 Å². The molecule has 1 aliphatic rings. The topological polar surface area (TPSA) is 65.6 Å². The fourth-order valence-corrected chi connectivity index (χ4v) is 6.43. The number of benzene rings is 1. The summed E-state index contributed by atoms with van der Waals surface area (Å²) < 4.78 is 22.9. The summed E-state index contributed by atoms with van der Waals surface area (Å²) in [6.45, 7) is 7.71. The van der Waals surface area contributed by atoms with Crippen LogP contribution in [-0.4, -0.2) is 21.7 Å². The molecule has 0 saturated carbocycles. The molecule has 184 valence electrons. The third-order valence-electron chi connectivity index (χ3n) is 6.17. The summed E-state index contributed by atoms with van der Waals surface area (Å²) >= 11 is 2.78. The molecule has 36 heavy (non-hydrogen) atoms. The minimum Gasteiger partial charge on any atom is -0.463 e. The largest absolute Gasteiger partial charge is 0.463 e. The molecule has 6 nitrogen and oxygen atoms in total. The van der Waals surface area contributed by atoms with Gasteiger partial charge in [-0.1, -0.05) is 17.4 Å². The summed E-state index contributed by atoms with van der Waals surface area (Å²) in [4.78, 5) is 32.7. The van der Waals surface area contributed by atoms with Crippen LogP contribution >= 0.6 is 22.7 Å². The van der Waals surface area contributed by atoms with Gasteiger partial charge in [-0.25, -0.2) is 14.2 Å². The van der Waals surface area contributed by atoms with Gasteiger partial charge in [0, 0.05) is 22.0 Å². The number of allylic oxidation sites excluding steroid dienone is 1. The zero-order valence-electron chi connectivity index (χ0n) is 20.2. The molecule has 0 unspecified atom stereocenters. The van der Waals surface area contributed by atoms with Crippen LogP contribution < -0.4 is 14.9 Å². The van der Waals surface area contributed by atoms with Crippen molar-refractivity contribution in [3.8, 4) is 5.69 Å². The smallest absolute Gasteiger partial charge is 0.338 e. The predicted molar refractivity (Wildman–Crippen MR) is 140 cm³/mol. The maximum Gasteiger partial charge on any atom is 0.338 e. The SMILES string of the molecule is CCOC(=O)C1=C(C)N=c2s/c(=C\c3cc(C)n(-c4ccc(F)cc4)c3C)c(=O)n2[C@H]1c1cccs1. The highest BCUT2D eigenvalue weighted by Gasteiger charge is 2.33. The molecule has 0 saturated heterocycles. The highest BCUT2D eigenvalue weighted by Crippen LogP contribution is 2.33. The van der Waals surface area contributed by atoms with Gasteiger partial charge in [-0.15, -0.1) is 11.3 Å².